The Labute approximate surface area is 175 Å². The number of anilines is 1. The fraction of sp³-hybridized carbons (Fsp3) is 0.300. The standard InChI is InChI=1S/C20H23NO8S/c1-13-6-8-14(9-7-13)30(24,25)21(12-19(22)28-4)16-11-18(27-3)17(26-2)10-15(16)20(23)29-5/h6-11H,12H2,1-5H3. The number of methoxy groups -OCH3 is 4. The number of ether oxygens (including phenoxy) is 4. The molecule has 0 bridgehead atoms. The van der Waals surface area contributed by atoms with Gasteiger partial charge >= 0.3 is 11.9 Å². The zero-order chi connectivity index (χ0) is 22.5. The highest BCUT2D eigenvalue weighted by Crippen LogP contribution is 2.37. The van der Waals surface area contributed by atoms with Crippen molar-refractivity contribution in [2.24, 2.45) is 0 Å². The van der Waals surface area contributed by atoms with Gasteiger partial charge in [-0.1, -0.05) is 17.7 Å². The zero-order valence-electron chi connectivity index (χ0n) is 17.3. The van der Waals surface area contributed by atoms with Crippen molar-refractivity contribution in [3.63, 3.8) is 0 Å². The van der Waals surface area contributed by atoms with Crippen LogP contribution in [0.5, 0.6) is 11.5 Å². The lowest BCUT2D eigenvalue weighted by Gasteiger charge is -2.26. The van der Waals surface area contributed by atoms with E-state index < -0.39 is 28.5 Å². The molecule has 2 aromatic rings. The Morgan fingerprint density at radius 1 is 0.900 bits per heavy atom. The Balaban J connectivity index is 2.79. The average Bonchev–Trinajstić information content (AvgIpc) is 2.75. The quantitative estimate of drug-likeness (QED) is 0.578. The highest BCUT2D eigenvalue weighted by Gasteiger charge is 2.32. The van der Waals surface area contributed by atoms with Gasteiger partial charge in [-0.2, -0.15) is 0 Å². The Morgan fingerprint density at radius 3 is 1.97 bits per heavy atom. The molecule has 0 aromatic heterocycles. The summed E-state index contributed by atoms with van der Waals surface area (Å²) >= 11 is 0. The second-order valence-corrected chi connectivity index (χ2v) is 7.98. The predicted molar refractivity (Wildman–Crippen MR) is 109 cm³/mol. The number of sulfonamides is 1. The number of carbonyl (C=O) groups is 2. The van der Waals surface area contributed by atoms with Gasteiger partial charge in [-0.25, -0.2) is 13.2 Å². The van der Waals surface area contributed by atoms with E-state index in [1.165, 1.54) is 38.5 Å². The number of aryl methyl sites for hydroxylation is 1. The number of carbonyl (C=O) groups excluding carboxylic acids is 2. The molecule has 0 N–H and O–H groups in total. The minimum Gasteiger partial charge on any atom is -0.493 e. The molecule has 0 saturated heterocycles. The van der Waals surface area contributed by atoms with Crippen molar-refractivity contribution in [1.29, 1.82) is 0 Å². The molecule has 0 spiro atoms. The highest BCUT2D eigenvalue weighted by molar-refractivity contribution is 7.92. The maximum atomic E-state index is 13.4. The smallest absolute Gasteiger partial charge is 0.340 e. The minimum absolute atomic E-state index is 0.0670. The first-order valence-corrected chi connectivity index (χ1v) is 10.1. The summed E-state index contributed by atoms with van der Waals surface area (Å²) in [6, 6.07) is 8.65. The summed E-state index contributed by atoms with van der Waals surface area (Å²) in [5.41, 5.74) is 0.607. The van der Waals surface area contributed by atoms with E-state index in [0.717, 1.165) is 24.1 Å². The summed E-state index contributed by atoms with van der Waals surface area (Å²) in [5, 5.41) is 0. The molecule has 30 heavy (non-hydrogen) atoms. The van der Waals surface area contributed by atoms with Gasteiger partial charge in [-0.15, -0.1) is 0 Å². The van der Waals surface area contributed by atoms with Gasteiger partial charge in [0.15, 0.2) is 11.5 Å². The molecule has 0 fully saturated rings. The number of rotatable bonds is 8. The van der Waals surface area contributed by atoms with E-state index >= 15 is 0 Å². The van der Waals surface area contributed by atoms with Crippen molar-refractivity contribution < 1.29 is 37.0 Å². The van der Waals surface area contributed by atoms with Crippen molar-refractivity contribution in [3.8, 4) is 11.5 Å². The topological polar surface area (TPSA) is 108 Å². The van der Waals surface area contributed by atoms with Crippen LogP contribution in [0, 0.1) is 6.92 Å². The number of hydrogen-bond acceptors (Lipinski definition) is 8. The lowest BCUT2D eigenvalue weighted by Crippen LogP contribution is -2.37. The van der Waals surface area contributed by atoms with E-state index in [9.17, 15) is 18.0 Å². The number of esters is 2. The average molecular weight is 437 g/mol. The number of hydrogen-bond donors (Lipinski definition) is 0. The third-order valence-electron chi connectivity index (χ3n) is 4.29. The van der Waals surface area contributed by atoms with Crippen LogP contribution in [-0.2, 0) is 24.3 Å². The molecule has 162 valence electrons. The molecule has 2 rings (SSSR count). The Hall–Kier alpha value is -3.27. The fourth-order valence-corrected chi connectivity index (χ4v) is 4.09. The maximum absolute atomic E-state index is 13.4. The normalized spacial score (nSPS) is 10.8. The van der Waals surface area contributed by atoms with Gasteiger partial charge < -0.3 is 18.9 Å². The molecular formula is C20H23NO8S. The lowest BCUT2D eigenvalue weighted by molar-refractivity contribution is -0.138. The molecule has 0 radical (unpaired) electrons. The Bertz CT molecular complexity index is 1030. The molecule has 0 unspecified atom stereocenters. The van der Waals surface area contributed by atoms with E-state index in [1.807, 2.05) is 6.92 Å². The third-order valence-corrected chi connectivity index (χ3v) is 6.06. The minimum atomic E-state index is -4.26. The van der Waals surface area contributed by atoms with Gasteiger partial charge in [-0.05, 0) is 19.1 Å². The van der Waals surface area contributed by atoms with E-state index in [-0.39, 0.29) is 27.6 Å². The molecule has 9 nitrogen and oxygen atoms in total. The number of benzene rings is 2. The van der Waals surface area contributed by atoms with Crippen molar-refractivity contribution in [3.05, 3.63) is 47.5 Å². The molecule has 0 aliphatic carbocycles. The molecule has 0 heterocycles. The summed E-state index contributed by atoms with van der Waals surface area (Å²) in [4.78, 5) is 24.4. The van der Waals surface area contributed by atoms with Gasteiger partial charge in [0.2, 0.25) is 0 Å². The van der Waals surface area contributed by atoms with Crippen molar-refractivity contribution in [1.82, 2.24) is 0 Å². The second-order valence-electron chi connectivity index (χ2n) is 6.12. The molecule has 0 atom stereocenters. The van der Waals surface area contributed by atoms with Crippen LogP contribution in [-0.4, -0.2) is 55.3 Å². The lowest BCUT2D eigenvalue weighted by atomic mass is 10.1. The van der Waals surface area contributed by atoms with E-state index in [0.29, 0.717) is 0 Å². The summed E-state index contributed by atoms with van der Waals surface area (Å²) in [7, 11) is 0.761. The Morgan fingerprint density at radius 2 is 1.47 bits per heavy atom. The van der Waals surface area contributed by atoms with E-state index in [4.69, 9.17) is 14.2 Å². The van der Waals surface area contributed by atoms with Gasteiger partial charge in [-0.3, -0.25) is 9.10 Å². The first-order chi connectivity index (χ1) is 14.2. The summed E-state index contributed by atoms with van der Waals surface area (Å²) in [6.45, 7) is 1.14. The Kier molecular flexibility index (Phi) is 7.28. The van der Waals surface area contributed by atoms with Crippen molar-refractivity contribution in [2.75, 3.05) is 39.3 Å². The van der Waals surface area contributed by atoms with Crippen LogP contribution in [0.3, 0.4) is 0 Å². The van der Waals surface area contributed by atoms with Crippen LogP contribution < -0.4 is 13.8 Å². The monoisotopic (exact) mass is 437 g/mol. The van der Waals surface area contributed by atoms with Crippen molar-refractivity contribution >= 4 is 27.6 Å². The predicted octanol–water partition coefficient (Wildman–Crippen LogP) is 2.17. The van der Waals surface area contributed by atoms with Crippen molar-refractivity contribution in [2.45, 2.75) is 11.8 Å². The molecule has 2 aromatic carbocycles. The molecule has 0 amide bonds. The van der Waals surface area contributed by atoms with E-state index in [2.05, 4.69) is 4.74 Å². The first-order valence-electron chi connectivity index (χ1n) is 8.70. The molecular weight excluding hydrogens is 414 g/mol. The van der Waals surface area contributed by atoms with Crippen LogP contribution in [0.2, 0.25) is 0 Å². The summed E-state index contributed by atoms with van der Waals surface area (Å²) in [6.07, 6.45) is 0. The third kappa shape index (κ3) is 4.65. The number of nitrogens with zero attached hydrogens (tertiary/aromatic N) is 1. The van der Waals surface area contributed by atoms with Gasteiger partial charge in [0.05, 0.1) is 44.6 Å². The van der Waals surface area contributed by atoms with Crippen LogP contribution in [0.1, 0.15) is 15.9 Å². The van der Waals surface area contributed by atoms with Gasteiger partial charge in [0, 0.05) is 12.1 Å². The molecule has 0 saturated carbocycles. The zero-order valence-corrected chi connectivity index (χ0v) is 18.1. The molecule has 0 aliphatic heterocycles. The van der Waals surface area contributed by atoms with Gasteiger partial charge in [0.1, 0.15) is 6.54 Å². The summed E-state index contributed by atoms with van der Waals surface area (Å²) < 4.78 is 47.5. The van der Waals surface area contributed by atoms with E-state index in [1.54, 1.807) is 12.1 Å². The second kappa shape index (κ2) is 9.49. The fourth-order valence-electron chi connectivity index (χ4n) is 2.67. The van der Waals surface area contributed by atoms with Gasteiger partial charge in [0.25, 0.3) is 10.0 Å². The summed E-state index contributed by atoms with van der Waals surface area (Å²) in [5.74, 6) is -1.29. The molecule has 10 heteroatoms. The molecule has 0 aliphatic rings. The maximum Gasteiger partial charge on any atom is 0.340 e. The first kappa shape index (κ1) is 23.0. The largest absolute Gasteiger partial charge is 0.493 e. The highest BCUT2D eigenvalue weighted by atomic mass is 32.2. The SMILES string of the molecule is COC(=O)CN(c1cc(OC)c(OC)cc1C(=O)OC)S(=O)(=O)c1ccc(C)cc1. The van der Waals surface area contributed by atoms with Crippen LogP contribution >= 0.6 is 0 Å². The van der Waals surface area contributed by atoms with Crippen LogP contribution in [0.4, 0.5) is 5.69 Å². The van der Waals surface area contributed by atoms with Crippen LogP contribution in [0.25, 0.3) is 0 Å². The van der Waals surface area contributed by atoms with Crippen LogP contribution in [0.15, 0.2) is 41.3 Å².